The summed E-state index contributed by atoms with van der Waals surface area (Å²) in [6.07, 6.45) is 7.79. The second-order valence-corrected chi connectivity index (χ2v) is 5.75. The predicted molar refractivity (Wildman–Crippen MR) is 71.9 cm³/mol. The van der Waals surface area contributed by atoms with Crippen molar-refractivity contribution in [1.82, 2.24) is 14.9 Å². The zero-order valence-corrected chi connectivity index (χ0v) is 11.6. The number of rotatable bonds is 6. The number of nitrogens with one attached hydrogen (secondary N) is 1. The van der Waals surface area contributed by atoms with Gasteiger partial charge < -0.3 is 19.4 Å². The number of hydrogen-bond donors (Lipinski definition) is 1. The van der Waals surface area contributed by atoms with E-state index in [-0.39, 0.29) is 6.10 Å². The van der Waals surface area contributed by atoms with E-state index in [1.54, 1.807) is 7.11 Å². The summed E-state index contributed by atoms with van der Waals surface area (Å²) in [5.74, 6) is 0. The van der Waals surface area contributed by atoms with Crippen molar-refractivity contribution in [3.8, 4) is 0 Å². The van der Waals surface area contributed by atoms with Crippen LogP contribution in [0.3, 0.4) is 0 Å². The Morgan fingerprint density at radius 3 is 3.16 bits per heavy atom. The Balaban J connectivity index is 1.66. The number of nitrogens with zero attached hydrogens (tertiary/aromatic N) is 2. The highest BCUT2D eigenvalue weighted by molar-refractivity contribution is 5.07. The van der Waals surface area contributed by atoms with E-state index in [9.17, 15) is 0 Å². The van der Waals surface area contributed by atoms with E-state index in [1.807, 2.05) is 12.5 Å². The maximum absolute atomic E-state index is 5.83. The molecule has 5 heteroatoms. The van der Waals surface area contributed by atoms with Crippen molar-refractivity contribution < 1.29 is 9.47 Å². The molecule has 0 amide bonds. The number of hydrogen-bond acceptors (Lipinski definition) is 4. The van der Waals surface area contributed by atoms with Gasteiger partial charge in [0, 0.05) is 33.4 Å². The molecule has 106 valence electrons. The molecule has 2 aliphatic rings. The summed E-state index contributed by atoms with van der Waals surface area (Å²) in [5, 5.41) is 3.38. The Morgan fingerprint density at radius 1 is 1.58 bits per heavy atom. The Hall–Kier alpha value is -0.910. The SMILES string of the molecule is COCCC1(Cn2cncc2C2CNCCO2)CC1. The van der Waals surface area contributed by atoms with Crippen LogP contribution in [0.2, 0.25) is 0 Å². The van der Waals surface area contributed by atoms with E-state index >= 15 is 0 Å². The third kappa shape index (κ3) is 2.99. The minimum Gasteiger partial charge on any atom is -0.385 e. The zero-order valence-electron chi connectivity index (χ0n) is 11.6. The van der Waals surface area contributed by atoms with Gasteiger partial charge in [-0.2, -0.15) is 0 Å². The van der Waals surface area contributed by atoms with Crippen LogP contribution in [0.5, 0.6) is 0 Å². The number of morpholine rings is 1. The van der Waals surface area contributed by atoms with Crippen molar-refractivity contribution in [2.24, 2.45) is 5.41 Å². The van der Waals surface area contributed by atoms with Gasteiger partial charge in [-0.3, -0.25) is 0 Å². The molecule has 1 atom stereocenters. The Kier molecular flexibility index (Phi) is 3.86. The van der Waals surface area contributed by atoms with Gasteiger partial charge in [0.05, 0.1) is 24.8 Å². The highest BCUT2D eigenvalue weighted by Crippen LogP contribution is 2.50. The molecule has 1 saturated heterocycles. The van der Waals surface area contributed by atoms with Gasteiger partial charge in [-0.05, 0) is 24.7 Å². The van der Waals surface area contributed by atoms with Gasteiger partial charge in [-0.15, -0.1) is 0 Å². The highest BCUT2D eigenvalue weighted by Gasteiger charge is 2.42. The van der Waals surface area contributed by atoms with Crippen LogP contribution in [-0.2, 0) is 16.0 Å². The molecule has 1 unspecified atom stereocenters. The van der Waals surface area contributed by atoms with Crippen molar-refractivity contribution in [3.05, 3.63) is 18.2 Å². The van der Waals surface area contributed by atoms with Crippen molar-refractivity contribution in [1.29, 1.82) is 0 Å². The van der Waals surface area contributed by atoms with Gasteiger partial charge in [0.2, 0.25) is 0 Å². The average molecular weight is 265 g/mol. The summed E-state index contributed by atoms with van der Waals surface area (Å²) in [7, 11) is 1.78. The summed E-state index contributed by atoms with van der Waals surface area (Å²) >= 11 is 0. The smallest absolute Gasteiger partial charge is 0.111 e. The second-order valence-electron chi connectivity index (χ2n) is 5.75. The molecule has 1 aromatic rings. The fourth-order valence-corrected chi connectivity index (χ4v) is 2.83. The first kappa shape index (κ1) is 13.1. The van der Waals surface area contributed by atoms with Crippen LogP contribution in [0.25, 0.3) is 0 Å². The molecule has 5 nitrogen and oxygen atoms in total. The fraction of sp³-hybridized carbons (Fsp3) is 0.786. The van der Waals surface area contributed by atoms with E-state index in [0.717, 1.165) is 39.3 Å². The van der Waals surface area contributed by atoms with Gasteiger partial charge >= 0.3 is 0 Å². The lowest BCUT2D eigenvalue weighted by Gasteiger charge is -2.26. The monoisotopic (exact) mass is 265 g/mol. The number of imidazole rings is 1. The molecule has 1 aromatic heterocycles. The lowest BCUT2D eigenvalue weighted by atomic mass is 10.0. The Bertz CT molecular complexity index is 409. The first-order valence-electron chi connectivity index (χ1n) is 7.14. The summed E-state index contributed by atoms with van der Waals surface area (Å²) in [6, 6.07) is 0. The molecule has 1 aliphatic carbocycles. The van der Waals surface area contributed by atoms with Gasteiger partial charge in [0.1, 0.15) is 6.10 Å². The van der Waals surface area contributed by atoms with Crippen LogP contribution in [0.1, 0.15) is 31.1 Å². The Morgan fingerprint density at radius 2 is 2.47 bits per heavy atom. The molecule has 0 bridgehead atoms. The molecule has 2 heterocycles. The molecule has 1 aliphatic heterocycles. The van der Waals surface area contributed by atoms with Crippen molar-refractivity contribution in [2.45, 2.75) is 31.9 Å². The largest absolute Gasteiger partial charge is 0.385 e. The third-order valence-corrected chi connectivity index (χ3v) is 4.30. The van der Waals surface area contributed by atoms with Crippen LogP contribution in [-0.4, -0.2) is 43.0 Å². The molecule has 1 saturated carbocycles. The minimum absolute atomic E-state index is 0.148. The first-order valence-corrected chi connectivity index (χ1v) is 7.14. The lowest BCUT2D eigenvalue weighted by molar-refractivity contribution is 0.0220. The first-order chi connectivity index (χ1) is 9.33. The minimum atomic E-state index is 0.148. The van der Waals surface area contributed by atoms with E-state index in [1.165, 1.54) is 18.5 Å². The van der Waals surface area contributed by atoms with Crippen molar-refractivity contribution >= 4 is 0 Å². The number of aromatic nitrogens is 2. The molecule has 19 heavy (non-hydrogen) atoms. The van der Waals surface area contributed by atoms with E-state index in [4.69, 9.17) is 9.47 Å². The van der Waals surface area contributed by atoms with Crippen LogP contribution in [0.4, 0.5) is 0 Å². The van der Waals surface area contributed by atoms with E-state index in [2.05, 4.69) is 14.9 Å². The second kappa shape index (κ2) is 5.61. The van der Waals surface area contributed by atoms with E-state index < -0.39 is 0 Å². The molecule has 3 rings (SSSR count). The summed E-state index contributed by atoms with van der Waals surface area (Å²) in [4.78, 5) is 4.31. The molecule has 1 N–H and O–H groups in total. The van der Waals surface area contributed by atoms with Crippen LogP contribution in [0, 0.1) is 5.41 Å². The fourth-order valence-electron chi connectivity index (χ4n) is 2.83. The number of ether oxygens (including phenoxy) is 2. The molecular formula is C14H23N3O2. The molecule has 0 aromatic carbocycles. The average Bonchev–Trinajstić information content (AvgIpc) is 3.06. The molecule has 2 fully saturated rings. The van der Waals surface area contributed by atoms with Crippen LogP contribution in [0.15, 0.2) is 12.5 Å². The quantitative estimate of drug-likeness (QED) is 0.844. The maximum atomic E-state index is 5.83. The standard InChI is InChI=1S/C14H23N3O2/c1-18-6-4-14(2-3-14)10-17-11-16-8-12(17)13-9-15-5-7-19-13/h8,11,13,15H,2-7,9-10H2,1H3. The van der Waals surface area contributed by atoms with Crippen molar-refractivity contribution in [2.75, 3.05) is 33.4 Å². The van der Waals surface area contributed by atoms with Crippen LogP contribution >= 0.6 is 0 Å². The summed E-state index contributed by atoms with van der Waals surface area (Å²) < 4.78 is 13.3. The Labute approximate surface area is 114 Å². The summed E-state index contributed by atoms with van der Waals surface area (Å²) in [6.45, 7) is 4.51. The number of methoxy groups -OCH3 is 1. The van der Waals surface area contributed by atoms with Gasteiger partial charge in [0.15, 0.2) is 0 Å². The third-order valence-electron chi connectivity index (χ3n) is 4.30. The van der Waals surface area contributed by atoms with Gasteiger partial charge in [0.25, 0.3) is 0 Å². The van der Waals surface area contributed by atoms with E-state index in [0.29, 0.717) is 5.41 Å². The maximum Gasteiger partial charge on any atom is 0.111 e. The van der Waals surface area contributed by atoms with Crippen molar-refractivity contribution in [3.63, 3.8) is 0 Å². The molecule has 0 radical (unpaired) electrons. The molecular weight excluding hydrogens is 242 g/mol. The summed E-state index contributed by atoms with van der Waals surface area (Å²) in [5.41, 5.74) is 1.64. The van der Waals surface area contributed by atoms with Gasteiger partial charge in [-0.25, -0.2) is 4.98 Å². The highest BCUT2D eigenvalue weighted by atomic mass is 16.5. The lowest BCUT2D eigenvalue weighted by Crippen LogP contribution is -2.34. The topological polar surface area (TPSA) is 48.3 Å². The normalized spacial score (nSPS) is 25.4. The predicted octanol–water partition coefficient (Wildman–Crippen LogP) is 1.36. The zero-order chi connectivity index (χ0) is 13.1. The molecule has 0 spiro atoms. The van der Waals surface area contributed by atoms with Crippen LogP contribution < -0.4 is 5.32 Å². The van der Waals surface area contributed by atoms with Gasteiger partial charge in [-0.1, -0.05) is 0 Å².